The molecule has 0 radical (unpaired) electrons. The molecule has 5 aromatic carbocycles. The summed E-state index contributed by atoms with van der Waals surface area (Å²) < 4.78 is 54.3. The van der Waals surface area contributed by atoms with Crippen LogP contribution in [0.3, 0.4) is 0 Å². The third-order valence-electron chi connectivity index (χ3n) is 5.74. The van der Waals surface area contributed by atoms with E-state index in [1.807, 2.05) is 54.6 Å². The minimum Gasteiger partial charge on any atom is -0.204 e. The van der Waals surface area contributed by atoms with Gasteiger partial charge in [0, 0.05) is 5.56 Å². The summed E-state index contributed by atoms with van der Waals surface area (Å²) in [7, 11) is 0. The largest absolute Gasteiger partial charge is 0.204 e. The first-order valence-corrected chi connectivity index (χ1v) is 10.7. The molecule has 0 atom stereocenters. The SMILES string of the molecule is Fc1cc(/C=C/c2ccc3ccc4ccc(/C=C/c5ccccc5)cc4c3c2)c(F)c(F)c1F. The second-order valence-electron chi connectivity index (χ2n) is 7.99. The van der Waals surface area contributed by atoms with Crippen molar-refractivity contribution in [2.75, 3.05) is 0 Å². The summed E-state index contributed by atoms with van der Waals surface area (Å²) in [6, 6.07) is 26.7. The quantitative estimate of drug-likeness (QED) is 0.0836. The Balaban J connectivity index is 1.54. The van der Waals surface area contributed by atoms with Crippen LogP contribution in [0.5, 0.6) is 0 Å². The smallest absolute Gasteiger partial charge is 0.198 e. The molecule has 0 saturated carbocycles. The van der Waals surface area contributed by atoms with E-state index in [0.717, 1.165) is 38.2 Å². The van der Waals surface area contributed by atoms with E-state index < -0.39 is 23.3 Å². The van der Waals surface area contributed by atoms with Crippen LogP contribution in [0.4, 0.5) is 17.6 Å². The van der Waals surface area contributed by atoms with Crippen molar-refractivity contribution < 1.29 is 17.6 Å². The van der Waals surface area contributed by atoms with Crippen molar-refractivity contribution in [1.82, 2.24) is 0 Å². The van der Waals surface area contributed by atoms with Crippen molar-refractivity contribution in [3.05, 3.63) is 130 Å². The maximum absolute atomic E-state index is 14.0. The molecule has 0 unspecified atom stereocenters. The third kappa shape index (κ3) is 4.23. The van der Waals surface area contributed by atoms with Crippen LogP contribution in [0.2, 0.25) is 0 Å². The average Bonchev–Trinajstić information content (AvgIpc) is 2.88. The van der Waals surface area contributed by atoms with E-state index >= 15 is 0 Å². The molecule has 5 aromatic rings. The lowest BCUT2D eigenvalue weighted by atomic mass is 9.97. The summed E-state index contributed by atoms with van der Waals surface area (Å²) in [5.74, 6) is -6.49. The first-order chi connectivity index (χ1) is 16.5. The number of benzene rings is 5. The van der Waals surface area contributed by atoms with Crippen LogP contribution < -0.4 is 0 Å². The predicted molar refractivity (Wildman–Crippen MR) is 132 cm³/mol. The normalized spacial score (nSPS) is 11.9. The van der Waals surface area contributed by atoms with Crippen molar-refractivity contribution in [1.29, 1.82) is 0 Å². The van der Waals surface area contributed by atoms with Crippen LogP contribution in [-0.4, -0.2) is 0 Å². The Bertz CT molecular complexity index is 1580. The van der Waals surface area contributed by atoms with Gasteiger partial charge in [0.25, 0.3) is 0 Å². The molecular weight excluding hydrogens is 436 g/mol. The highest BCUT2D eigenvalue weighted by Crippen LogP contribution is 2.29. The molecule has 0 N–H and O–H groups in total. The van der Waals surface area contributed by atoms with Crippen LogP contribution in [0, 0.1) is 23.3 Å². The number of fused-ring (bicyclic) bond motifs is 3. The fourth-order valence-corrected chi connectivity index (χ4v) is 3.95. The topological polar surface area (TPSA) is 0 Å². The van der Waals surface area contributed by atoms with Crippen molar-refractivity contribution in [3.8, 4) is 0 Å². The zero-order chi connectivity index (χ0) is 23.7. The van der Waals surface area contributed by atoms with Gasteiger partial charge in [0.2, 0.25) is 0 Å². The Hall–Kier alpha value is -4.18. The summed E-state index contributed by atoms with van der Waals surface area (Å²) in [4.78, 5) is 0. The summed E-state index contributed by atoms with van der Waals surface area (Å²) >= 11 is 0. The van der Waals surface area contributed by atoms with Gasteiger partial charge in [-0.05, 0) is 56.4 Å². The molecule has 0 aromatic heterocycles. The Morgan fingerprint density at radius 2 is 0.971 bits per heavy atom. The number of hydrogen-bond donors (Lipinski definition) is 0. The molecule has 0 fully saturated rings. The van der Waals surface area contributed by atoms with Crippen molar-refractivity contribution in [3.63, 3.8) is 0 Å². The molecule has 0 nitrogen and oxygen atoms in total. The Morgan fingerprint density at radius 1 is 0.441 bits per heavy atom. The molecule has 0 spiro atoms. The van der Waals surface area contributed by atoms with Crippen LogP contribution in [0.15, 0.2) is 84.9 Å². The standard InChI is InChI=1S/C30H18F4/c31-27-18-24(28(32)30(34)29(27)33)13-10-21-9-12-23-15-14-22-11-8-20(16-25(22)26(23)17-21)7-6-19-4-2-1-3-5-19/h1-18H/b7-6+,13-10+. The van der Waals surface area contributed by atoms with Gasteiger partial charge in [-0.25, -0.2) is 17.6 Å². The number of rotatable bonds is 4. The minimum atomic E-state index is -1.82. The first-order valence-electron chi connectivity index (χ1n) is 10.7. The molecule has 34 heavy (non-hydrogen) atoms. The van der Waals surface area contributed by atoms with Crippen LogP contribution >= 0.6 is 0 Å². The second-order valence-corrected chi connectivity index (χ2v) is 7.99. The van der Waals surface area contributed by atoms with E-state index in [9.17, 15) is 17.6 Å². The molecule has 0 aliphatic heterocycles. The zero-order valence-electron chi connectivity index (χ0n) is 17.9. The highest BCUT2D eigenvalue weighted by atomic mass is 19.2. The zero-order valence-corrected chi connectivity index (χ0v) is 17.9. The van der Waals surface area contributed by atoms with Crippen LogP contribution in [0.1, 0.15) is 22.3 Å². The lowest BCUT2D eigenvalue weighted by Crippen LogP contribution is -1.97. The van der Waals surface area contributed by atoms with Gasteiger partial charge in [-0.3, -0.25) is 0 Å². The monoisotopic (exact) mass is 454 g/mol. The molecule has 4 heteroatoms. The molecule has 0 bridgehead atoms. The highest BCUT2D eigenvalue weighted by molar-refractivity contribution is 6.09. The fraction of sp³-hybridized carbons (Fsp3) is 0. The molecule has 0 amide bonds. The van der Waals surface area contributed by atoms with Gasteiger partial charge in [0.1, 0.15) is 0 Å². The van der Waals surface area contributed by atoms with E-state index in [1.54, 1.807) is 6.08 Å². The second kappa shape index (κ2) is 8.99. The maximum Gasteiger partial charge on any atom is 0.198 e. The Kier molecular flexibility index (Phi) is 5.72. The highest BCUT2D eigenvalue weighted by Gasteiger charge is 2.17. The van der Waals surface area contributed by atoms with E-state index in [2.05, 4.69) is 36.4 Å². The van der Waals surface area contributed by atoms with Crippen LogP contribution in [-0.2, 0) is 0 Å². The van der Waals surface area contributed by atoms with Gasteiger partial charge in [-0.15, -0.1) is 0 Å². The first kappa shape index (κ1) is 21.7. The molecule has 0 aliphatic carbocycles. The lowest BCUT2D eigenvalue weighted by Gasteiger charge is -2.07. The molecule has 166 valence electrons. The average molecular weight is 454 g/mol. The number of hydrogen-bond acceptors (Lipinski definition) is 0. The van der Waals surface area contributed by atoms with Crippen molar-refractivity contribution >= 4 is 45.8 Å². The van der Waals surface area contributed by atoms with E-state index in [4.69, 9.17) is 0 Å². The van der Waals surface area contributed by atoms with Crippen LogP contribution in [0.25, 0.3) is 45.8 Å². The van der Waals surface area contributed by atoms with Crippen molar-refractivity contribution in [2.45, 2.75) is 0 Å². The summed E-state index contributed by atoms with van der Waals surface area (Å²) in [5.41, 5.74) is 2.51. The van der Waals surface area contributed by atoms with Gasteiger partial charge < -0.3 is 0 Å². The molecule has 0 aliphatic rings. The van der Waals surface area contributed by atoms with Gasteiger partial charge in [-0.1, -0.05) is 91.0 Å². The summed E-state index contributed by atoms with van der Waals surface area (Å²) in [5, 5.41) is 4.14. The Labute approximate surface area is 194 Å². The van der Waals surface area contributed by atoms with Gasteiger partial charge >= 0.3 is 0 Å². The van der Waals surface area contributed by atoms with E-state index in [-0.39, 0.29) is 5.56 Å². The predicted octanol–water partition coefficient (Wildman–Crippen LogP) is 8.89. The summed E-state index contributed by atoms with van der Waals surface area (Å²) in [6.45, 7) is 0. The molecular formula is C30H18F4. The minimum absolute atomic E-state index is 0.359. The van der Waals surface area contributed by atoms with Gasteiger partial charge in [0.15, 0.2) is 23.3 Å². The molecule has 0 saturated heterocycles. The fourth-order valence-electron chi connectivity index (χ4n) is 3.95. The maximum atomic E-state index is 14.0. The summed E-state index contributed by atoms with van der Waals surface area (Å²) in [6.07, 6.45) is 6.89. The third-order valence-corrected chi connectivity index (χ3v) is 5.74. The molecule has 0 heterocycles. The van der Waals surface area contributed by atoms with Gasteiger partial charge in [-0.2, -0.15) is 0 Å². The Morgan fingerprint density at radius 3 is 1.59 bits per heavy atom. The van der Waals surface area contributed by atoms with E-state index in [0.29, 0.717) is 6.07 Å². The molecule has 5 rings (SSSR count). The van der Waals surface area contributed by atoms with Gasteiger partial charge in [0.05, 0.1) is 0 Å². The van der Waals surface area contributed by atoms with Crippen molar-refractivity contribution in [2.24, 2.45) is 0 Å². The van der Waals surface area contributed by atoms with E-state index in [1.165, 1.54) is 6.08 Å². The lowest BCUT2D eigenvalue weighted by molar-refractivity contribution is 0.408. The number of halogens is 4.